The number of hydrogen-bond acceptors (Lipinski definition) is 6. The second kappa shape index (κ2) is 9.60. The molecule has 0 saturated heterocycles. The molecular weight excluding hydrogens is 386 g/mol. The molecule has 9 nitrogen and oxygen atoms in total. The molecule has 1 aromatic carbocycles. The van der Waals surface area contributed by atoms with Gasteiger partial charge in [0.15, 0.2) is 5.82 Å². The van der Waals surface area contributed by atoms with Crippen LogP contribution in [-0.2, 0) is 24.3 Å². The Labute approximate surface area is 176 Å². The molecule has 30 heavy (non-hydrogen) atoms. The van der Waals surface area contributed by atoms with Gasteiger partial charge in [0, 0.05) is 32.0 Å². The van der Waals surface area contributed by atoms with E-state index in [0.29, 0.717) is 55.5 Å². The summed E-state index contributed by atoms with van der Waals surface area (Å²) in [6.45, 7) is 5.77. The van der Waals surface area contributed by atoms with Crippen molar-refractivity contribution in [3.8, 4) is 11.5 Å². The summed E-state index contributed by atoms with van der Waals surface area (Å²) in [5, 5.41) is 11.4. The molecule has 0 fully saturated rings. The van der Waals surface area contributed by atoms with Gasteiger partial charge in [-0.25, -0.2) is 0 Å². The number of amides is 2. The molecule has 0 bridgehead atoms. The van der Waals surface area contributed by atoms with Crippen LogP contribution in [0.15, 0.2) is 18.2 Å². The van der Waals surface area contributed by atoms with Crippen molar-refractivity contribution in [3.05, 3.63) is 35.4 Å². The molecule has 3 rings (SSSR count). The number of nitrogens with zero attached hydrogens (tertiary/aromatic N) is 4. The maximum atomic E-state index is 13.3. The molecule has 9 heteroatoms. The second-order valence-corrected chi connectivity index (χ2v) is 7.29. The van der Waals surface area contributed by atoms with Crippen LogP contribution >= 0.6 is 0 Å². The molecule has 2 aromatic rings. The molecular formula is C21H29N5O4. The molecule has 0 aliphatic carbocycles. The fourth-order valence-electron chi connectivity index (χ4n) is 3.46. The predicted octanol–water partition coefficient (Wildman–Crippen LogP) is 1.66. The average Bonchev–Trinajstić information content (AvgIpc) is 3.04. The third kappa shape index (κ3) is 4.39. The normalized spacial score (nSPS) is 14.5. The first-order chi connectivity index (χ1) is 14.5. The monoisotopic (exact) mass is 415 g/mol. The van der Waals surface area contributed by atoms with Crippen LogP contribution in [0, 0.1) is 5.92 Å². The molecule has 2 amide bonds. The van der Waals surface area contributed by atoms with Crippen molar-refractivity contribution in [3.63, 3.8) is 0 Å². The highest BCUT2D eigenvalue weighted by atomic mass is 16.5. The van der Waals surface area contributed by atoms with Gasteiger partial charge in [0.25, 0.3) is 5.91 Å². The Morgan fingerprint density at radius 2 is 1.83 bits per heavy atom. The number of methoxy groups -OCH3 is 2. The van der Waals surface area contributed by atoms with Gasteiger partial charge in [0.1, 0.15) is 22.9 Å². The van der Waals surface area contributed by atoms with Gasteiger partial charge in [-0.15, -0.1) is 10.2 Å². The van der Waals surface area contributed by atoms with Crippen LogP contribution in [0.3, 0.4) is 0 Å². The first kappa shape index (κ1) is 21.6. The van der Waals surface area contributed by atoms with Gasteiger partial charge < -0.3 is 24.3 Å². The third-order valence-electron chi connectivity index (χ3n) is 5.51. The van der Waals surface area contributed by atoms with Crippen LogP contribution in [0.2, 0.25) is 0 Å². The maximum absolute atomic E-state index is 13.3. The van der Waals surface area contributed by atoms with Gasteiger partial charge in [-0.1, -0.05) is 19.9 Å². The lowest BCUT2D eigenvalue weighted by atomic mass is 10.1. The number of nitrogens with one attached hydrogen (secondary N) is 1. The minimum Gasteiger partial charge on any atom is -0.496 e. The van der Waals surface area contributed by atoms with E-state index in [4.69, 9.17) is 9.47 Å². The Hall–Kier alpha value is -3.10. The molecule has 1 unspecified atom stereocenters. The summed E-state index contributed by atoms with van der Waals surface area (Å²) >= 11 is 0. The fourth-order valence-corrected chi connectivity index (χ4v) is 3.46. The molecule has 0 radical (unpaired) electrons. The van der Waals surface area contributed by atoms with Crippen molar-refractivity contribution >= 4 is 11.8 Å². The standard InChI is InChI=1S/C21H29N5O4/c1-5-14(2)20(27)22-13-18-24-23-17-9-10-25(11-12-26(17)18)21(28)19-15(29-3)7-6-8-16(19)30-4/h6-8,14H,5,9-13H2,1-4H3,(H,22,27). The van der Waals surface area contributed by atoms with Gasteiger partial charge in [-0.3, -0.25) is 9.59 Å². The lowest BCUT2D eigenvalue weighted by molar-refractivity contribution is -0.124. The number of carbonyl (C=O) groups is 2. The molecule has 0 saturated carbocycles. The number of hydrogen-bond donors (Lipinski definition) is 1. The van der Waals surface area contributed by atoms with Crippen molar-refractivity contribution in [2.45, 2.75) is 39.8 Å². The van der Waals surface area contributed by atoms with Crippen LogP contribution in [-0.4, -0.2) is 58.8 Å². The van der Waals surface area contributed by atoms with Crippen LogP contribution in [0.4, 0.5) is 0 Å². The number of rotatable bonds is 7. The predicted molar refractivity (Wildman–Crippen MR) is 110 cm³/mol. The second-order valence-electron chi connectivity index (χ2n) is 7.29. The summed E-state index contributed by atoms with van der Waals surface area (Å²) in [6.07, 6.45) is 1.36. The van der Waals surface area contributed by atoms with Crippen molar-refractivity contribution in [2.75, 3.05) is 27.3 Å². The molecule has 1 N–H and O–H groups in total. The summed E-state index contributed by atoms with van der Waals surface area (Å²) in [5.41, 5.74) is 0.418. The number of aromatic nitrogens is 3. The summed E-state index contributed by atoms with van der Waals surface area (Å²) < 4.78 is 12.8. The van der Waals surface area contributed by atoms with E-state index >= 15 is 0 Å². The van der Waals surface area contributed by atoms with Gasteiger partial charge in [-0.05, 0) is 18.6 Å². The van der Waals surface area contributed by atoms with Crippen LogP contribution < -0.4 is 14.8 Å². The number of ether oxygens (including phenoxy) is 2. The van der Waals surface area contributed by atoms with Gasteiger partial charge >= 0.3 is 0 Å². The van der Waals surface area contributed by atoms with E-state index in [2.05, 4.69) is 15.5 Å². The van der Waals surface area contributed by atoms with Crippen molar-refractivity contribution in [1.29, 1.82) is 0 Å². The highest BCUT2D eigenvalue weighted by molar-refractivity contribution is 5.99. The smallest absolute Gasteiger partial charge is 0.261 e. The number of benzene rings is 1. The van der Waals surface area contributed by atoms with Crippen molar-refractivity contribution in [1.82, 2.24) is 25.0 Å². The highest BCUT2D eigenvalue weighted by Crippen LogP contribution is 2.30. The summed E-state index contributed by atoms with van der Waals surface area (Å²) in [6, 6.07) is 5.29. The minimum atomic E-state index is -0.144. The Balaban J connectivity index is 1.73. The summed E-state index contributed by atoms with van der Waals surface area (Å²) in [5.74, 6) is 2.29. The van der Waals surface area contributed by atoms with E-state index < -0.39 is 0 Å². The first-order valence-electron chi connectivity index (χ1n) is 10.2. The van der Waals surface area contributed by atoms with Crippen LogP contribution in [0.5, 0.6) is 11.5 Å². The lowest BCUT2D eigenvalue weighted by Crippen LogP contribution is -2.34. The minimum absolute atomic E-state index is 0.00328. The largest absolute Gasteiger partial charge is 0.496 e. The third-order valence-corrected chi connectivity index (χ3v) is 5.51. The fraction of sp³-hybridized carbons (Fsp3) is 0.524. The first-order valence-corrected chi connectivity index (χ1v) is 10.2. The average molecular weight is 415 g/mol. The van der Waals surface area contributed by atoms with Crippen LogP contribution in [0.1, 0.15) is 42.3 Å². The quantitative estimate of drug-likeness (QED) is 0.738. The van der Waals surface area contributed by atoms with E-state index in [1.54, 1.807) is 23.1 Å². The Kier molecular flexibility index (Phi) is 6.91. The van der Waals surface area contributed by atoms with E-state index in [9.17, 15) is 9.59 Å². The van der Waals surface area contributed by atoms with E-state index in [1.807, 2.05) is 18.4 Å². The van der Waals surface area contributed by atoms with E-state index in [1.165, 1.54) is 14.2 Å². The number of carbonyl (C=O) groups excluding carboxylic acids is 2. The van der Waals surface area contributed by atoms with Gasteiger partial charge in [0.05, 0.1) is 20.8 Å². The van der Waals surface area contributed by atoms with Gasteiger partial charge in [0.2, 0.25) is 5.91 Å². The molecule has 1 aliphatic heterocycles. The van der Waals surface area contributed by atoms with Crippen molar-refractivity contribution < 1.29 is 19.1 Å². The SMILES string of the molecule is CCC(C)C(=O)NCc1nnc2n1CCN(C(=O)c1c(OC)cccc1OC)CC2. The highest BCUT2D eigenvalue weighted by Gasteiger charge is 2.27. The zero-order valence-electron chi connectivity index (χ0n) is 18.0. The zero-order valence-corrected chi connectivity index (χ0v) is 18.0. The maximum Gasteiger partial charge on any atom is 0.261 e. The van der Waals surface area contributed by atoms with Crippen molar-refractivity contribution in [2.24, 2.45) is 5.92 Å². The Bertz CT molecular complexity index is 889. The zero-order chi connectivity index (χ0) is 21.7. The summed E-state index contributed by atoms with van der Waals surface area (Å²) in [4.78, 5) is 27.1. The molecule has 1 atom stereocenters. The van der Waals surface area contributed by atoms with E-state index in [0.717, 1.165) is 12.2 Å². The molecule has 1 aromatic heterocycles. The molecule has 2 heterocycles. The van der Waals surface area contributed by atoms with E-state index in [-0.39, 0.29) is 17.7 Å². The number of fused-ring (bicyclic) bond motifs is 1. The van der Waals surface area contributed by atoms with Crippen LogP contribution in [0.25, 0.3) is 0 Å². The molecule has 162 valence electrons. The Morgan fingerprint density at radius 1 is 1.13 bits per heavy atom. The Morgan fingerprint density at radius 3 is 2.47 bits per heavy atom. The molecule has 1 aliphatic rings. The molecule has 0 spiro atoms. The van der Waals surface area contributed by atoms with Gasteiger partial charge in [-0.2, -0.15) is 0 Å². The lowest BCUT2D eigenvalue weighted by Gasteiger charge is -2.22. The topological polar surface area (TPSA) is 98.6 Å². The summed E-state index contributed by atoms with van der Waals surface area (Å²) in [7, 11) is 3.07.